The highest BCUT2D eigenvalue weighted by Crippen LogP contribution is 2.33. The van der Waals surface area contributed by atoms with E-state index >= 15 is 0 Å². The van der Waals surface area contributed by atoms with Gasteiger partial charge in [0.25, 0.3) is 0 Å². The van der Waals surface area contributed by atoms with E-state index in [-0.39, 0.29) is 6.61 Å². The molecule has 0 spiro atoms. The molecule has 0 atom stereocenters. The van der Waals surface area contributed by atoms with Gasteiger partial charge in [0.1, 0.15) is 0 Å². The average Bonchev–Trinajstić information content (AvgIpc) is 2.63. The number of thiol groups is 1. The molecule has 2 rings (SSSR count). The highest BCUT2D eigenvalue weighted by atomic mass is 32.1. The van der Waals surface area contributed by atoms with E-state index in [1.165, 1.54) is 15.6 Å². The zero-order valence-electron chi connectivity index (χ0n) is 7.95. The second kappa shape index (κ2) is 3.93. The van der Waals surface area contributed by atoms with Crippen LogP contribution in [-0.4, -0.2) is 5.11 Å². The third-order valence-electron chi connectivity index (χ3n) is 2.33. The van der Waals surface area contributed by atoms with E-state index in [1.807, 2.05) is 12.1 Å². The molecule has 0 aliphatic carbocycles. The summed E-state index contributed by atoms with van der Waals surface area (Å²) in [6.45, 7) is 2.26. The van der Waals surface area contributed by atoms with Crippen LogP contribution in [0.2, 0.25) is 0 Å². The first-order valence-electron chi connectivity index (χ1n) is 4.60. The number of fused-ring (bicyclic) bond motifs is 1. The molecule has 0 aliphatic rings. The van der Waals surface area contributed by atoms with Crippen LogP contribution >= 0.6 is 24.0 Å². The van der Waals surface area contributed by atoms with Crippen molar-refractivity contribution >= 4 is 34.1 Å². The van der Waals surface area contributed by atoms with Gasteiger partial charge in [-0.15, -0.1) is 24.0 Å². The van der Waals surface area contributed by atoms with Crippen molar-refractivity contribution in [2.24, 2.45) is 0 Å². The van der Waals surface area contributed by atoms with Gasteiger partial charge in [-0.05, 0) is 24.1 Å². The van der Waals surface area contributed by atoms with E-state index in [4.69, 9.17) is 5.11 Å². The molecule has 1 aromatic carbocycles. The third kappa shape index (κ3) is 1.56. The lowest BCUT2D eigenvalue weighted by Gasteiger charge is -2.00. The van der Waals surface area contributed by atoms with Crippen molar-refractivity contribution in [3.63, 3.8) is 0 Å². The van der Waals surface area contributed by atoms with Crippen molar-refractivity contribution in [1.29, 1.82) is 0 Å². The summed E-state index contributed by atoms with van der Waals surface area (Å²) in [6, 6.07) is 6.17. The number of rotatable bonds is 2. The molecule has 0 unspecified atom stereocenters. The van der Waals surface area contributed by atoms with Gasteiger partial charge >= 0.3 is 0 Å². The predicted molar refractivity (Wildman–Crippen MR) is 64.4 cm³/mol. The molecule has 1 nitrogen and oxygen atoms in total. The number of hydrogen-bond donors (Lipinski definition) is 2. The first-order valence-corrected chi connectivity index (χ1v) is 5.86. The second-order valence-corrected chi connectivity index (χ2v) is 4.83. The Balaban J connectivity index is 2.74. The molecule has 0 radical (unpaired) electrons. The van der Waals surface area contributed by atoms with Crippen LogP contribution in [0.25, 0.3) is 10.1 Å². The summed E-state index contributed by atoms with van der Waals surface area (Å²) in [4.78, 5) is 2.00. The van der Waals surface area contributed by atoms with Crippen LogP contribution in [0.1, 0.15) is 17.4 Å². The van der Waals surface area contributed by atoms with Crippen LogP contribution in [0.15, 0.2) is 23.1 Å². The second-order valence-electron chi connectivity index (χ2n) is 3.21. The Labute approximate surface area is 92.8 Å². The van der Waals surface area contributed by atoms with Gasteiger partial charge in [0, 0.05) is 19.9 Å². The van der Waals surface area contributed by atoms with Gasteiger partial charge in [0.15, 0.2) is 0 Å². The molecule has 2 aromatic rings. The smallest absolute Gasteiger partial charge is 0.0774 e. The van der Waals surface area contributed by atoms with Crippen molar-refractivity contribution in [3.05, 3.63) is 28.6 Å². The molecule has 74 valence electrons. The summed E-state index contributed by atoms with van der Waals surface area (Å²) in [5.41, 5.74) is 1.34. The minimum atomic E-state index is 0.121. The van der Waals surface area contributed by atoms with E-state index in [2.05, 4.69) is 25.6 Å². The average molecular weight is 224 g/mol. The molecule has 0 saturated carbocycles. The Morgan fingerprint density at radius 1 is 1.43 bits per heavy atom. The SMILES string of the molecule is CCc1ccc(S)c2cc(CO)sc12. The normalized spacial score (nSPS) is 11.1. The Morgan fingerprint density at radius 3 is 2.86 bits per heavy atom. The third-order valence-corrected chi connectivity index (χ3v) is 3.92. The van der Waals surface area contributed by atoms with Crippen molar-refractivity contribution in [2.45, 2.75) is 24.8 Å². The van der Waals surface area contributed by atoms with Crippen LogP contribution in [0.4, 0.5) is 0 Å². The Hall–Kier alpha value is -0.510. The molecule has 3 heteroatoms. The van der Waals surface area contributed by atoms with Gasteiger partial charge in [-0.25, -0.2) is 0 Å². The number of aliphatic hydroxyl groups excluding tert-OH is 1. The van der Waals surface area contributed by atoms with Gasteiger partial charge in [-0.2, -0.15) is 0 Å². The Kier molecular flexibility index (Phi) is 2.81. The van der Waals surface area contributed by atoms with Gasteiger partial charge in [-0.1, -0.05) is 13.0 Å². The predicted octanol–water partition coefficient (Wildman–Crippen LogP) is 3.24. The molecule has 0 fully saturated rings. The molecule has 14 heavy (non-hydrogen) atoms. The number of thiophene rings is 1. The lowest BCUT2D eigenvalue weighted by molar-refractivity contribution is 0.285. The Morgan fingerprint density at radius 2 is 2.21 bits per heavy atom. The number of hydrogen-bond acceptors (Lipinski definition) is 3. The maximum atomic E-state index is 9.08. The molecular weight excluding hydrogens is 212 g/mol. The standard InChI is InChI=1S/C11H12OS2/c1-2-7-3-4-10(13)9-5-8(6-12)14-11(7)9/h3-5,12-13H,2,6H2,1H3. The molecule has 1 N–H and O–H groups in total. The van der Waals surface area contributed by atoms with E-state index in [0.29, 0.717) is 0 Å². The van der Waals surface area contributed by atoms with Gasteiger partial charge in [-0.3, -0.25) is 0 Å². The molecule has 0 amide bonds. The summed E-state index contributed by atoms with van der Waals surface area (Å²) in [5.74, 6) is 0. The molecule has 1 heterocycles. The number of benzene rings is 1. The molecule has 1 aromatic heterocycles. The van der Waals surface area contributed by atoms with Crippen LogP contribution in [0.5, 0.6) is 0 Å². The molecular formula is C11H12OS2. The summed E-state index contributed by atoms with van der Waals surface area (Å²) in [5, 5.41) is 10.2. The van der Waals surface area contributed by atoms with E-state index in [1.54, 1.807) is 11.3 Å². The summed E-state index contributed by atoms with van der Waals surface area (Å²) < 4.78 is 1.27. The van der Waals surface area contributed by atoms with Crippen molar-refractivity contribution < 1.29 is 5.11 Å². The van der Waals surface area contributed by atoms with Crippen molar-refractivity contribution in [1.82, 2.24) is 0 Å². The zero-order valence-corrected chi connectivity index (χ0v) is 9.66. The number of aryl methyl sites for hydroxylation is 1. The van der Waals surface area contributed by atoms with Crippen LogP contribution in [0, 0.1) is 0 Å². The lowest BCUT2D eigenvalue weighted by atomic mass is 10.1. The van der Waals surface area contributed by atoms with Gasteiger partial charge < -0.3 is 5.11 Å². The van der Waals surface area contributed by atoms with E-state index < -0.39 is 0 Å². The monoisotopic (exact) mass is 224 g/mol. The summed E-state index contributed by atoms with van der Waals surface area (Å²) in [6.07, 6.45) is 1.02. The number of aliphatic hydroxyl groups is 1. The van der Waals surface area contributed by atoms with E-state index in [9.17, 15) is 0 Å². The van der Waals surface area contributed by atoms with Gasteiger partial charge in [0.2, 0.25) is 0 Å². The topological polar surface area (TPSA) is 20.2 Å². The minimum Gasteiger partial charge on any atom is -0.391 e. The van der Waals surface area contributed by atoms with Crippen LogP contribution in [-0.2, 0) is 13.0 Å². The maximum absolute atomic E-state index is 9.08. The summed E-state index contributed by atoms with van der Waals surface area (Å²) >= 11 is 6.08. The highest BCUT2D eigenvalue weighted by molar-refractivity contribution is 7.80. The van der Waals surface area contributed by atoms with Gasteiger partial charge in [0.05, 0.1) is 6.61 Å². The van der Waals surface area contributed by atoms with Crippen molar-refractivity contribution in [2.75, 3.05) is 0 Å². The largest absolute Gasteiger partial charge is 0.391 e. The summed E-state index contributed by atoms with van der Waals surface area (Å²) in [7, 11) is 0. The van der Waals surface area contributed by atoms with Crippen LogP contribution < -0.4 is 0 Å². The highest BCUT2D eigenvalue weighted by Gasteiger charge is 2.07. The fourth-order valence-electron chi connectivity index (χ4n) is 1.57. The lowest BCUT2D eigenvalue weighted by Crippen LogP contribution is -1.79. The first-order chi connectivity index (χ1) is 6.76. The Bertz CT molecular complexity index is 460. The quantitative estimate of drug-likeness (QED) is 0.750. The minimum absolute atomic E-state index is 0.121. The fraction of sp³-hybridized carbons (Fsp3) is 0.273. The molecule has 0 bridgehead atoms. The van der Waals surface area contributed by atoms with Crippen molar-refractivity contribution in [3.8, 4) is 0 Å². The maximum Gasteiger partial charge on any atom is 0.0774 e. The zero-order chi connectivity index (χ0) is 10.1. The molecule has 0 aliphatic heterocycles. The van der Waals surface area contributed by atoms with E-state index in [0.717, 1.165) is 16.2 Å². The molecule has 0 saturated heterocycles. The fourth-order valence-corrected chi connectivity index (χ4v) is 3.02. The first kappa shape index (κ1) is 10.0. The van der Waals surface area contributed by atoms with Crippen LogP contribution in [0.3, 0.4) is 0 Å².